The normalized spacial score (nSPS) is 11.8. The molecule has 3 aromatic carbocycles. The number of hydrogen-bond acceptors (Lipinski definition) is 4. The second-order valence-electron chi connectivity index (χ2n) is 7.50. The molecule has 0 aliphatic heterocycles. The standard InChI is InChI=1S/C25H25NO4/c1-17(2)24(25(29)30-16-22(27)19-10-4-3-5-11-19)26-23(28)15-20-13-8-12-18-9-6-7-14-21(18)20/h3-14,17,24H,15-16H2,1-2H3,(H,26,28)/t24-/m0/s1. The minimum Gasteiger partial charge on any atom is -0.456 e. The monoisotopic (exact) mass is 403 g/mol. The Balaban J connectivity index is 1.62. The number of Topliss-reactive ketones (excluding diaryl/α,β-unsaturated/α-hetero) is 1. The number of hydrogen-bond donors (Lipinski definition) is 1. The van der Waals surface area contributed by atoms with Crippen LogP contribution >= 0.6 is 0 Å². The molecule has 0 saturated carbocycles. The molecule has 1 amide bonds. The van der Waals surface area contributed by atoms with Gasteiger partial charge in [-0.05, 0) is 22.3 Å². The zero-order chi connectivity index (χ0) is 21.5. The predicted molar refractivity (Wildman–Crippen MR) is 116 cm³/mol. The van der Waals surface area contributed by atoms with Gasteiger partial charge in [0, 0.05) is 5.56 Å². The Kier molecular flexibility index (Phi) is 6.96. The van der Waals surface area contributed by atoms with Crippen molar-refractivity contribution in [3.05, 3.63) is 83.9 Å². The lowest BCUT2D eigenvalue weighted by atomic mass is 10.0. The molecule has 0 heterocycles. The van der Waals surface area contributed by atoms with Gasteiger partial charge >= 0.3 is 5.97 Å². The second-order valence-corrected chi connectivity index (χ2v) is 7.50. The summed E-state index contributed by atoms with van der Waals surface area (Å²) in [6, 6.07) is 21.5. The fourth-order valence-electron chi connectivity index (χ4n) is 3.28. The van der Waals surface area contributed by atoms with Crippen LogP contribution in [0.3, 0.4) is 0 Å². The van der Waals surface area contributed by atoms with Crippen LogP contribution in [0.1, 0.15) is 29.8 Å². The molecule has 1 N–H and O–H groups in total. The van der Waals surface area contributed by atoms with Crippen molar-refractivity contribution < 1.29 is 19.1 Å². The quantitative estimate of drug-likeness (QED) is 0.457. The van der Waals surface area contributed by atoms with Crippen molar-refractivity contribution in [2.45, 2.75) is 26.3 Å². The molecule has 0 bridgehead atoms. The van der Waals surface area contributed by atoms with E-state index < -0.39 is 12.0 Å². The predicted octanol–water partition coefficient (Wildman–Crippen LogP) is 3.95. The summed E-state index contributed by atoms with van der Waals surface area (Å²) in [6.45, 7) is 3.29. The number of ether oxygens (including phenoxy) is 1. The van der Waals surface area contributed by atoms with Gasteiger partial charge in [-0.25, -0.2) is 4.79 Å². The average molecular weight is 403 g/mol. The Morgan fingerprint density at radius 2 is 1.53 bits per heavy atom. The number of carbonyl (C=O) groups excluding carboxylic acids is 3. The first-order valence-electron chi connectivity index (χ1n) is 9.96. The molecule has 3 rings (SSSR count). The molecule has 0 spiro atoms. The number of nitrogens with one attached hydrogen (secondary N) is 1. The molecular weight excluding hydrogens is 378 g/mol. The SMILES string of the molecule is CC(C)[C@H](NC(=O)Cc1cccc2ccccc12)C(=O)OCC(=O)c1ccccc1. The van der Waals surface area contributed by atoms with Crippen molar-refractivity contribution in [1.29, 1.82) is 0 Å². The van der Waals surface area contributed by atoms with E-state index in [1.165, 1.54) is 0 Å². The van der Waals surface area contributed by atoms with Crippen molar-refractivity contribution in [2.75, 3.05) is 6.61 Å². The number of ketones is 1. The summed E-state index contributed by atoms with van der Waals surface area (Å²) in [4.78, 5) is 37.3. The molecule has 0 radical (unpaired) electrons. The zero-order valence-electron chi connectivity index (χ0n) is 17.1. The molecule has 0 unspecified atom stereocenters. The third kappa shape index (κ3) is 5.32. The first-order valence-corrected chi connectivity index (χ1v) is 9.96. The van der Waals surface area contributed by atoms with Crippen LogP contribution in [-0.4, -0.2) is 30.3 Å². The van der Waals surface area contributed by atoms with E-state index in [1.54, 1.807) is 24.3 Å². The van der Waals surface area contributed by atoms with E-state index in [4.69, 9.17) is 4.74 Å². The van der Waals surface area contributed by atoms with Crippen molar-refractivity contribution in [3.8, 4) is 0 Å². The van der Waals surface area contributed by atoms with E-state index in [2.05, 4.69) is 5.32 Å². The highest BCUT2D eigenvalue weighted by molar-refractivity contribution is 5.98. The van der Waals surface area contributed by atoms with Gasteiger partial charge in [0.25, 0.3) is 0 Å². The largest absolute Gasteiger partial charge is 0.456 e. The Hall–Kier alpha value is -3.47. The average Bonchev–Trinajstić information content (AvgIpc) is 2.76. The highest BCUT2D eigenvalue weighted by atomic mass is 16.5. The summed E-state index contributed by atoms with van der Waals surface area (Å²) in [5, 5.41) is 4.83. The smallest absolute Gasteiger partial charge is 0.329 e. The summed E-state index contributed by atoms with van der Waals surface area (Å²) in [6.07, 6.45) is 0.154. The molecule has 30 heavy (non-hydrogen) atoms. The topological polar surface area (TPSA) is 72.5 Å². The van der Waals surface area contributed by atoms with E-state index in [0.717, 1.165) is 16.3 Å². The Morgan fingerprint density at radius 1 is 0.867 bits per heavy atom. The summed E-state index contributed by atoms with van der Waals surface area (Å²) in [5.41, 5.74) is 1.37. The third-order valence-electron chi connectivity index (χ3n) is 4.91. The van der Waals surface area contributed by atoms with Gasteiger partial charge in [-0.1, -0.05) is 86.6 Å². The van der Waals surface area contributed by atoms with Crippen molar-refractivity contribution in [2.24, 2.45) is 5.92 Å². The number of carbonyl (C=O) groups is 3. The third-order valence-corrected chi connectivity index (χ3v) is 4.91. The van der Waals surface area contributed by atoms with Gasteiger partial charge in [-0.2, -0.15) is 0 Å². The number of amides is 1. The lowest BCUT2D eigenvalue weighted by molar-refractivity contribution is -0.148. The summed E-state index contributed by atoms with van der Waals surface area (Å²) in [5.74, 6) is -1.34. The van der Waals surface area contributed by atoms with Gasteiger partial charge in [0.05, 0.1) is 6.42 Å². The van der Waals surface area contributed by atoms with E-state index in [9.17, 15) is 14.4 Å². The molecule has 1 atom stereocenters. The van der Waals surface area contributed by atoms with Gasteiger partial charge in [-0.15, -0.1) is 0 Å². The molecule has 0 aliphatic carbocycles. The molecular formula is C25H25NO4. The van der Waals surface area contributed by atoms with Crippen LogP contribution in [-0.2, 0) is 20.7 Å². The fraction of sp³-hybridized carbons (Fsp3) is 0.240. The summed E-state index contributed by atoms with van der Waals surface area (Å²) in [7, 11) is 0. The van der Waals surface area contributed by atoms with Crippen molar-refractivity contribution >= 4 is 28.4 Å². The Morgan fingerprint density at radius 3 is 2.27 bits per heavy atom. The van der Waals surface area contributed by atoms with Crippen LogP contribution in [0.4, 0.5) is 0 Å². The van der Waals surface area contributed by atoms with Crippen LogP contribution in [0, 0.1) is 5.92 Å². The summed E-state index contributed by atoms with van der Waals surface area (Å²) >= 11 is 0. The van der Waals surface area contributed by atoms with E-state index in [0.29, 0.717) is 5.56 Å². The van der Waals surface area contributed by atoms with Crippen LogP contribution in [0.5, 0.6) is 0 Å². The van der Waals surface area contributed by atoms with E-state index >= 15 is 0 Å². The highest BCUT2D eigenvalue weighted by Crippen LogP contribution is 2.19. The van der Waals surface area contributed by atoms with Gasteiger partial charge < -0.3 is 10.1 Å². The van der Waals surface area contributed by atoms with Crippen LogP contribution in [0.15, 0.2) is 72.8 Å². The molecule has 3 aromatic rings. The first-order chi connectivity index (χ1) is 14.5. The van der Waals surface area contributed by atoms with Gasteiger partial charge in [-0.3, -0.25) is 9.59 Å². The molecule has 0 aromatic heterocycles. The molecule has 0 aliphatic rings. The van der Waals surface area contributed by atoms with E-state index in [1.807, 2.05) is 62.4 Å². The lowest BCUT2D eigenvalue weighted by Crippen LogP contribution is -2.46. The maximum atomic E-state index is 12.6. The maximum absolute atomic E-state index is 12.6. The number of rotatable bonds is 8. The zero-order valence-corrected chi connectivity index (χ0v) is 17.1. The second kappa shape index (κ2) is 9.83. The fourth-order valence-corrected chi connectivity index (χ4v) is 3.28. The summed E-state index contributed by atoms with van der Waals surface area (Å²) < 4.78 is 5.20. The molecule has 0 saturated heterocycles. The van der Waals surface area contributed by atoms with Crippen LogP contribution < -0.4 is 5.32 Å². The first kappa shape index (κ1) is 21.2. The minimum absolute atomic E-state index is 0.154. The van der Waals surface area contributed by atoms with Crippen LogP contribution in [0.25, 0.3) is 10.8 Å². The maximum Gasteiger partial charge on any atom is 0.329 e. The Labute approximate surface area is 176 Å². The number of fused-ring (bicyclic) bond motifs is 1. The molecule has 154 valence electrons. The Bertz CT molecular complexity index is 1040. The molecule has 0 fully saturated rings. The lowest BCUT2D eigenvalue weighted by Gasteiger charge is -2.21. The van der Waals surface area contributed by atoms with Gasteiger partial charge in [0.2, 0.25) is 5.91 Å². The van der Waals surface area contributed by atoms with Crippen molar-refractivity contribution in [1.82, 2.24) is 5.32 Å². The van der Waals surface area contributed by atoms with Crippen molar-refractivity contribution in [3.63, 3.8) is 0 Å². The number of esters is 1. The van der Waals surface area contributed by atoms with E-state index in [-0.39, 0.29) is 30.6 Å². The highest BCUT2D eigenvalue weighted by Gasteiger charge is 2.26. The molecule has 5 heteroatoms. The van der Waals surface area contributed by atoms with Gasteiger partial charge in [0.15, 0.2) is 12.4 Å². The van der Waals surface area contributed by atoms with Crippen LogP contribution in [0.2, 0.25) is 0 Å². The van der Waals surface area contributed by atoms with Gasteiger partial charge in [0.1, 0.15) is 6.04 Å². The number of benzene rings is 3. The minimum atomic E-state index is -0.823. The molecule has 5 nitrogen and oxygen atoms in total.